The monoisotopic (exact) mass is 353 g/mol. The van der Waals surface area contributed by atoms with E-state index >= 15 is 0 Å². The van der Waals surface area contributed by atoms with Gasteiger partial charge in [0.25, 0.3) is 5.91 Å². The molecule has 0 aliphatic heterocycles. The third kappa shape index (κ3) is 5.61. The summed E-state index contributed by atoms with van der Waals surface area (Å²) in [4.78, 5) is 14.3. The lowest BCUT2D eigenvalue weighted by atomic mass is 10.1. The molecule has 132 valence electrons. The molecule has 25 heavy (non-hydrogen) atoms. The summed E-state index contributed by atoms with van der Waals surface area (Å²) in [6, 6.07) is 16.8. The van der Waals surface area contributed by atoms with E-state index in [2.05, 4.69) is 25.7 Å². The summed E-state index contributed by atoms with van der Waals surface area (Å²) in [7, 11) is 2.17. The molecule has 0 heterocycles. The lowest BCUT2D eigenvalue weighted by Crippen LogP contribution is -2.29. The standard InChI is InChI=1S/C21H27NO2Si/c1-22(21(23)14-11-17-9-7-6-8-10-17)20-13-12-19(24-2)15-18(20)16-25(3,4)5/h6-15H,16H2,1-5H3/b14-11+. The maximum absolute atomic E-state index is 12.6. The molecule has 0 atom stereocenters. The summed E-state index contributed by atoms with van der Waals surface area (Å²) < 4.78 is 5.37. The number of ether oxygens (including phenoxy) is 1. The van der Waals surface area contributed by atoms with Gasteiger partial charge in [0.2, 0.25) is 0 Å². The molecule has 0 N–H and O–H groups in total. The van der Waals surface area contributed by atoms with Gasteiger partial charge in [-0.15, -0.1) is 0 Å². The smallest absolute Gasteiger partial charge is 0.250 e. The molecule has 0 spiro atoms. The lowest BCUT2D eigenvalue weighted by molar-refractivity contribution is -0.113. The van der Waals surface area contributed by atoms with E-state index in [4.69, 9.17) is 4.74 Å². The minimum atomic E-state index is -1.33. The topological polar surface area (TPSA) is 29.5 Å². The van der Waals surface area contributed by atoms with E-state index in [9.17, 15) is 4.79 Å². The van der Waals surface area contributed by atoms with E-state index in [1.165, 1.54) is 5.56 Å². The third-order valence-corrected chi connectivity index (χ3v) is 5.36. The van der Waals surface area contributed by atoms with Gasteiger partial charge in [0.15, 0.2) is 0 Å². The predicted molar refractivity (Wildman–Crippen MR) is 109 cm³/mol. The van der Waals surface area contributed by atoms with Crippen molar-refractivity contribution in [3.8, 4) is 5.75 Å². The van der Waals surface area contributed by atoms with Crippen LogP contribution in [0.4, 0.5) is 5.69 Å². The Morgan fingerprint density at radius 1 is 1.12 bits per heavy atom. The normalized spacial score (nSPS) is 11.6. The largest absolute Gasteiger partial charge is 0.497 e. The molecule has 3 nitrogen and oxygen atoms in total. The fourth-order valence-electron chi connectivity index (χ4n) is 2.69. The first kappa shape index (κ1) is 19.0. The van der Waals surface area contributed by atoms with Gasteiger partial charge in [-0.1, -0.05) is 50.0 Å². The van der Waals surface area contributed by atoms with Gasteiger partial charge in [-0.25, -0.2) is 0 Å². The van der Waals surface area contributed by atoms with Crippen LogP contribution in [0.25, 0.3) is 6.08 Å². The van der Waals surface area contributed by atoms with Gasteiger partial charge in [-0.3, -0.25) is 4.79 Å². The Morgan fingerprint density at radius 3 is 2.40 bits per heavy atom. The number of hydrogen-bond donors (Lipinski definition) is 0. The van der Waals surface area contributed by atoms with Gasteiger partial charge < -0.3 is 9.64 Å². The van der Waals surface area contributed by atoms with Gasteiger partial charge in [-0.05, 0) is 41.4 Å². The van der Waals surface area contributed by atoms with Crippen molar-refractivity contribution in [2.75, 3.05) is 19.1 Å². The van der Waals surface area contributed by atoms with E-state index < -0.39 is 8.07 Å². The van der Waals surface area contributed by atoms with Crippen molar-refractivity contribution >= 4 is 25.7 Å². The van der Waals surface area contributed by atoms with Crippen LogP contribution in [-0.4, -0.2) is 28.1 Å². The number of carbonyl (C=O) groups excluding carboxylic acids is 1. The first-order valence-corrected chi connectivity index (χ1v) is 12.2. The highest BCUT2D eigenvalue weighted by molar-refractivity contribution is 6.75. The Kier molecular flexibility index (Phi) is 6.20. The number of benzene rings is 2. The van der Waals surface area contributed by atoms with Crippen LogP contribution in [0.3, 0.4) is 0 Å². The average Bonchev–Trinajstić information content (AvgIpc) is 2.58. The van der Waals surface area contributed by atoms with Gasteiger partial charge in [0.05, 0.1) is 7.11 Å². The maximum atomic E-state index is 12.6. The highest BCUT2D eigenvalue weighted by Crippen LogP contribution is 2.28. The van der Waals surface area contributed by atoms with Gasteiger partial charge in [0, 0.05) is 26.9 Å². The minimum absolute atomic E-state index is 0.0363. The van der Waals surface area contributed by atoms with E-state index in [0.717, 1.165) is 23.0 Å². The number of hydrogen-bond acceptors (Lipinski definition) is 2. The summed E-state index contributed by atoms with van der Waals surface area (Å²) in [6.45, 7) is 6.98. The number of likely N-dealkylation sites (N-methyl/N-ethyl adjacent to an activating group) is 1. The first-order valence-electron chi connectivity index (χ1n) is 8.48. The summed E-state index contributed by atoms with van der Waals surface area (Å²) in [5, 5.41) is 0. The Morgan fingerprint density at radius 2 is 1.80 bits per heavy atom. The molecule has 2 aromatic carbocycles. The predicted octanol–water partition coefficient (Wildman–Crippen LogP) is 4.79. The molecule has 4 heteroatoms. The van der Waals surface area contributed by atoms with Crippen molar-refractivity contribution < 1.29 is 9.53 Å². The number of nitrogens with zero attached hydrogens (tertiary/aromatic N) is 1. The fourth-order valence-corrected chi connectivity index (χ4v) is 4.12. The molecule has 0 aliphatic rings. The van der Waals surface area contributed by atoms with Crippen molar-refractivity contribution in [3.05, 3.63) is 65.7 Å². The number of anilines is 1. The Labute approximate surface area is 151 Å². The summed E-state index contributed by atoms with van der Waals surface area (Å²) >= 11 is 0. The number of rotatable bonds is 6. The van der Waals surface area contributed by atoms with Crippen LogP contribution >= 0.6 is 0 Å². The number of carbonyl (C=O) groups is 1. The van der Waals surface area contributed by atoms with E-state index in [-0.39, 0.29) is 5.91 Å². The van der Waals surface area contributed by atoms with E-state index in [1.807, 2.05) is 55.6 Å². The molecule has 0 aromatic heterocycles. The van der Waals surface area contributed by atoms with Crippen molar-refractivity contribution in [2.45, 2.75) is 25.7 Å². The zero-order valence-corrected chi connectivity index (χ0v) is 16.7. The maximum Gasteiger partial charge on any atom is 0.250 e. The van der Waals surface area contributed by atoms with Crippen LogP contribution in [-0.2, 0) is 10.8 Å². The van der Waals surface area contributed by atoms with Crippen LogP contribution in [0, 0.1) is 0 Å². The molecular formula is C21H27NO2Si. The molecule has 2 rings (SSSR count). The highest BCUT2D eigenvalue weighted by atomic mass is 28.3. The van der Waals surface area contributed by atoms with Gasteiger partial charge >= 0.3 is 0 Å². The summed E-state index contributed by atoms with van der Waals surface area (Å²) in [5.74, 6) is 0.795. The average molecular weight is 354 g/mol. The van der Waals surface area contributed by atoms with Crippen LogP contribution < -0.4 is 9.64 Å². The second-order valence-electron chi connectivity index (χ2n) is 7.37. The molecule has 1 amide bonds. The van der Waals surface area contributed by atoms with Gasteiger partial charge in [-0.2, -0.15) is 0 Å². The van der Waals surface area contributed by atoms with E-state index in [0.29, 0.717) is 0 Å². The second kappa shape index (κ2) is 8.16. The van der Waals surface area contributed by atoms with Crippen LogP contribution in [0.15, 0.2) is 54.6 Å². The van der Waals surface area contributed by atoms with Crippen LogP contribution in [0.1, 0.15) is 11.1 Å². The number of amides is 1. The molecule has 0 saturated heterocycles. The minimum Gasteiger partial charge on any atom is -0.497 e. The fraction of sp³-hybridized carbons (Fsp3) is 0.286. The van der Waals surface area contributed by atoms with Crippen molar-refractivity contribution in [2.24, 2.45) is 0 Å². The summed E-state index contributed by atoms with van der Waals surface area (Å²) in [6.07, 6.45) is 3.47. The number of methoxy groups -OCH3 is 1. The molecular weight excluding hydrogens is 326 g/mol. The third-order valence-electron chi connectivity index (χ3n) is 3.92. The van der Waals surface area contributed by atoms with Crippen LogP contribution in [0.5, 0.6) is 5.75 Å². The molecule has 0 unspecified atom stereocenters. The molecule has 0 radical (unpaired) electrons. The van der Waals surface area contributed by atoms with Crippen molar-refractivity contribution in [1.29, 1.82) is 0 Å². The first-order chi connectivity index (χ1) is 11.8. The molecule has 0 fully saturated rings. The van der Waals surface area contributed by atoms with Crippen molar-refractivity contribution in [3.63, 3.8) is 0 Å². The van der Waals surface area contributed by atoms with Gasteiger partial charge in [0.1, 0.15) is 5.75 Å². The Balaban J connectivity index is 2.26. The molecule has 2 aromatic rings. The van der Waals surface area contributed by atoms with Crippen LogP contribution in [0.2, 0.25) is 19.6 Å². The quantitative estimate of drug-likeness (QED) is 0.552. The Bertz CT molecular complexity index is 748. The van der Waals surface area contributed by atoms with Crippen molar-refractivity contribution in [1.82, 2.24) is 0 Å². The summed E-state index contributed by atoms with van der Waals surface area (Å²) in [5.41, 5.74) is 3.13. The Hall–Kier alpha value is -2.33. The second-order valence-corrected chi connectivity index (χ2v) is 12.8. The molecule has 0 aliphatic carbocycles. The SMILES string of the molecule is COc1ccc(N(C)C(=O)/C=C/c2ccccc2)c(C[Si](C)(C)C)c1. The zero-order valence-electron chi connectivity index (χ0n) is 15.7. The highest BCUT2D eigenvalue weighted by Gasteiger charge is 2.20. The molecule has 0 saturated carbocycles. The van der Waals surface area contributed by atoms with E-state index in [1.54, 1.807) is 18.1 Å². The zero-order chi connectivity index (χ0) is 18.4. The lowest BCUT2D eigenvalue weighted by Gasteiger charge is -2.24. The molecule has 0 bridgehead atoms.